The number of hydrogen-bond donors (Lipinski definition) is 3. The number of rotatable bonds is 0. The first-order chi connectivity index (χ1) is 5.68. The molecular formula is C9H12N2O. The van der Waals surface area contributed by atoms with Gasteiger partial charge in [0.25, 0.3) is 0 Å². The topological polar surface area (TPSA) is 72.3 Å². The van der Waals surface area contributed by atoms with Crippen LogP contribution in [0.4, 0.5) is 5.69 Å². The SMILES string of the molecule is Nc1cc(O)cc2c1CC[C@@H]2N. The van der Waals surface area contributed by atoms with Gasteiger partial charge in [0.1, 0.15) is 5.75 Å². The van der Waals surface area contributed by atoms with Crippen LogP contribution in [-0.4, -0.2) is 5.11 Å². The fraction of sp³-hybridized carbons (Fsp3) is 0.333. The zero-order valence-corrected chi connectivity index (χ0v) is 6.75. The van der Waals surface area contributed by atoms with Crippen LogP contribution in [0, 0.1) is 0 Å². The Hall–Kier alpha value is -1.22. The molecule has 3 heteroatoms. The number of nitrogens with two attached hydrogens (primary N) is 2. The molecule has 1 aromatic rings. The largest absolute Gasteiger partial charge is 0.508 e. The molecule has 0 amide bonds. The van der Waals surface area contributed by atoms with Crippen molar-refractivity contribution in [2.45, 2.75) is 18.9 Å². The van der Waals surface area contributed by atoms with Crippen LogP contribution in [0.25, 0.3) is 0 Å². The molecule has 0 radical (unpaired) electrons. The van der Waals surface area contributed by atoms with Gasteiger partial charge in [0, 0.05) is 17.8 Å². The number of anilines is 1. The molecule has 0 saturated heterocycles. The van der Waals surface area contributed by atoms with Crippen LogP contribution in [-0.2, 0) is 6.42 Å². The van der Waals surface area contributed by atoms with E-state index in [1.54, 1.807) is 12.1 Å². The van der Waals surface area contributed by atoms with Crippen molar-refractivity contribution in [3.05, 3.63) is 23.3 Å². The van der Waals surface area contributed by atoms with Gasteiger partial charge in [0.2, 0.25) is 0 Å². The fourth-order valence-corrected chi connectivity index (χ4v) is 1.78. The molecule has 1 aromatic carbocycles. The lowest BCUT2D eigenvalue weighted by molar-refractivity contribution is 0.474. The van der Waals surface area contributed by atoms with Crippen molar-refractivity contribution < 1.29 is 5.11 Å². The lowest BCUT2D eigenvalue weighted by atomic mass is 10.1. The first kappa shape index (κ1) is 7.43. The van der Waals surface area contributed by atoms with Crippen LogP contribution >= 0.6 is 0 Å². The van der Waals surface area contributed by atoms with E-state index in [2.05, 4.69) is 0 Å². The van der Waals surface area contributed by atoms with Gasteiger partial charge >= 0.3 is 0 Å². The quantitative estimate of drug-likeness (QED) is 0.499. The molecule has 12 heavy (non-hydrogen) atoms. The second-order valence-electron chi connectivity index (χ2n) is 3.25. The molecule has 0 fully saturated rings. The minimum atomic E-state index is 0.0504. The maximum absolute atomic E-state index is 9.26. The van der Waals surface area contributed by atoms with Crippen LogP contribution in [0.1, 0.15) is 23.6 Å². The van der Waals surface area contributed by atoms with Gasteiger partial charge in [-0.05, 0) is 30.0 Å². The average Bonchev–Trinajstić information content (AvgIpc) is 2.33. The highest BCUT2D eigenvalue weighted by Gasteiger charge is 2.21. The van der Waals surface area contributed by atoms with Crippen LogP contribution in [0.2, 0.25) is 0 Å². The van der Waals surface area contributed by atoms with Crippen molar-refractivity contribution >= 4 is 5.69 Å². The zero-order valence-electron chi connectivity index (χ0n) is 6.75. The molecular weight excluding hydrogens is 152 g/mol. The predicted octanol–water partition coefficient (Wildman–Crippen LogP) is 0.920. The normalized spacial score (nSPS) is 20.9. The lowest BCUT2D eigenvalue weighted by Crippen LogP contribution is -2.05. The van der Waals surface area contributed by atoms with E-state index >= 15 is 0 Å². The van der Waals surface area contributed by atoms with Crippen molar-refractivity contribution in [1.82, 2.24) is 0 Å². The first-order valence-electron chi connectivity index (χ1n) is 4.05. The van der Waals surface area contributed by atoms with Crippen molar-refractivity contribution in [3.8, 4) is 5.75 Å². The molecule has 2 rings (SSSR count). The maximum atomic E-state index is 9.26. The van der Waals surface area contributed by atoms with Crippen molar-refractivity contribution in [2.75, 3.05) is 5.73 Å². The zero-order chi connectivity index (χ0) is 8.72. The van der Waals surface area contributed by atoms with Gasteiger partial charge in [0.05, 0.1) is 0 Å². The van der Waals surface area contributed by atoms with E-state index in [0.29, 0.717) is 5.69 Å². The van der Waals surface area contributed by atoms with Crippen molar-refractivity contribution in [2.24, 2.45) is 5.73 Å². The summed E-state index contributed by atoms with van der Waals surface area (Å²) in [6.07, 6.45) is 1.87. The third-order valence-corrected chi connectivity index (χ3v) is 2.41. The van der Waals surface area contributed by atoms with E-state index in [9.17, 15) is 5.11 Å². The lowest BCUT2D eigenvalue weighted by Gasteiger charge is -2.07. The van der Waals surface area contributed by atoms with Crippen LogP contribution in [0.5, 0.6) is 5.75 Å². The van der Waals surface area contributed by atoms with Gasteiger partial charge in [-0.2, -0.15) is 0 Å². The molecule has 1 aliphatic carbocycles. The van der Waals surface area contributed by atoms with Crippen LogP contribution < -0.4 is 11.5 Å². The summed E-state index contributed by atoms with van der Waals surface area (Å²) in [4.78, 5) is 0. The Balaban J connectivity index is 2.60. The van der Waals surface area contributed by atoms with Gasteiger partial charge in [0.15, 0.2) is 0 Å². The number of benzene rings is 1. The van der Waals surface area contributed by atoms with Gasteiger partial charge < -0.3 is 16.6 Å². The van der Waals surface area contributed by atoms with E-state index in [0.717, 1.165) is 24.0 Å². The summed E-state index contributed by atoms with van der Waals surface area (Å²) in [5.41, 5.74) is 14.3. The van der Waals surface area contributed by atoms with Crippen LogP contribution in [0.3, 0.4) is 0 Å². The minimum absolute atomic E-state index is 0.0504. The molecule has 64 valence electrons. The fourth-order valence-electron chi connectivity index (χ4n) is 1.78. The molecule has 0 unspecified atom stereocenters. The summed E-state index contributed by atoms with van der Waals surface area (Å²) in [7, 11) is 0. The molecule has 0 bridgehead atoms. The summed E-state index contributed by atoms with van der Waals surface area (Å²) in [6, 6.07) is 3.34. The number of phenols is 1. The Labute approximate surface area is 71.0 Å². The van der Waals surface area contributed by atoms with Crippen molar-refractivity contribution in [1.29, 1.82) is 0 Å². The van der Waals surface area contributed by atoms with E-state index < -0.39 is 0 Å². The van der Waals surface area contributed by atoms with E-state index in [4.69, 9.17) is 11.5 Å². The summed E-state index contributed by atoms with van der Waals surface area (Å²) < 4.78 is 0. The highest BCUT2D eigenvalue weighted by Crippen LogP contribution is 2.35. The molecule has 5 N–H and O–H groups in total. The Morgan fingerprint density at radius 2 is 2.17 bits per heavy atom. The molecule has 3 nitrogen and oxygen atoms in total. The molecule has 0 aromatic heterocycles. The van der Waals surface area contributed by atoms with Crippen molar-refractivity contribution in [3.63, 3.8) is 0 Å². The predicted molar refractivity (Wildman–Crippen MR) is 47.8 cm³/mol. The summed E-state index contributed by atoms with van der Waals surface area (Å²) in [5.74, 6) is 0.212. The highest BCUT2D eigenvalue weighted by molar-refractivity contribution is 5.57. The number of fused-ring (bicyclic) bond motifs is 1. The number of nitrogen functional groups attached to an aromatic ring is 1. The summed E-state index contributed by atoms with van der Waals surface area (Å²) in [5, 5.41) is 9.26. The number of phenolic OH excluding ortho intramolecular Hbond substituents is 1. The maximum Gasteiger partial charge on any atom is 0.117 e. The Morgan fingerprint density at radius 3 is 2.92 bits per heavy atom. The summed E-state index contributed by atoms with van der Waals surface area (Å²) >= 11 is 0. The monoisotopic (exact) mass is 164 g/mol. The van der Waals surface area contributed by atoms with E-state index in [1.165, 1.54) is 0 Å². The average molecular weight is 164 g/mol. The third-order valence-electron chi connectivity index (χ3n) is 2.41. The smallest absolute Gasteiger partial charge is 0.117 e. The molecule has 0 saturated carbocycles. The molecule has 1 aliphatic rings. The van der Waals surface area contributed by atoms with Gasteiger partial charge in [-0.1, -0.05) is 0 Å². The van der Waals surface area contributed by atoms with Gasteiger partial charge in [-0.15, -0.1) is 0 Å². The minimum Gasteiger partial charge on any atom is -0.508 e. The second kappa shape index (κ2) is 2.38. The molecule has 0 heterocycles. The summed E-state index contributed by atoms with van der Waals surface area (Å²) in [6.45, 7) is 0. The Kier molecular flexibility index (Phi) is 1.48. The first-order valence-corrected chi connectivity index (χ1v) is 4.05. The third kappa shape index (κ3) is 0.940. The van der Waals surface area contributed by atoms with Gasteiger partial charge in [-0.25, -0.2) is 0 Å². The van der Waals surface area contributed by atoms with Crippen LogP contribution in [0.15, 0.2) is 12.1 Å². The molecule has 0 spiro atoms. The molecule has 0 aliphatic heterocycles. The number of hydrogen-bond acceptors (Lipinski definition) is 3. The Bertz CT molecular complexity index is 323. The second-order valence-corrected chi connectivity index (χ2v) is 3.25. The van der Waals surface area contributed by atoms with Gasteiger partial charge in [-0.3, -0.25) is 0 Å². The van der Waals surface area contributed by atoms with E-state index in [-0.39, 0.29) is 11.8 Å². The Morgan fingerprint density at radius 1 is 1.42 bits per heavy atom. The molecule has 1 atom stereocenters. The van der Waals surface area contributed by atoms with E-state index in [1.807, 2.05) is 0 Å². The number of aromatic hydroxyl groups is 1. The highest BCUT2D eigenvalue weighted by atomic mass is 16.3. The standard InChI is InChI=1S/C9H12N2O/c10-8-2-1-6-7(8)3-5(12)4-9(6)11/h3-4,8,12H,1-2,10-11H2/t8-/m0/s1.